The van der Waals surface area contributed by atoms with Gasteiger partial charge in [-0.25, -0.2) is 18.9 Å². The standard InChI is InChI=1S/C22H17FN4O2S/c1-13-10-11-25-18(12-13)27-21(29)16-4-2-3-5-17(16)26-22(27)30-19(20(24)28)14-6-8-15(23)9-7-14/h2-12,19H,1H3,(H2,24,28)/t19-/m0/s1. The number of amides is 1. The topological polar surface area (TPSA) is 90.9 Å². The molecule has 2 heterocycles. The summed E-state index contributed by atoms with van der Waals surface area (Å²) >= 11 is 1.03. The van der Waals surface area contributed by atoms with Crippen LogP contribution in [0.4, 0.5) is 4.39 Å². The van der Waals surface area contributed by atoms with E-state index in [0.717, 1.165) is 17.3 Å². The highest BCUT2D eigenvalue weighted by molar-refractivity contribution is 8.00. The Labute approximate surface area is 175 Å². The van der Waals surface area contributed by atoms with Crippen molar-refractivity contribution < 1.29 is 9.18 Å². The lowest BCUT2D eigenvalue weighted by Gasteiger charge is -2.17. The number of fused-ring (bicyclic) bond motifs is 1. The van der Waals surface area contributed by atoms with Gasteiger partial charge in [-0.1, -0.05) is 36.0 Å². The van der Waals surface area contributed by atoms with Crippen molar-refractivity contribution in [2.24, 2.45) is 5.73 Å². The van der Waals surface area contributed by atoms with Gasteiger partial charge in [-0.15, -0.1) is 0 Å². The van der Waals surface area contributed by atoms with Crippen LogP contribution in [0.1, 0.15) is 16.4 Å². The number of aromatic nitrogens is 3. The van der Waals surface area contributed by atoms with Gasteiger partial charge in [0.1, 0.15) is 16.9 Å². The Morgan fingerprint density at radius 1 is 1.13 bits per heavy atom. The van der Waals surface area contributed by atoms with Crippen LogP contribution in [0.5, 0.6) is 0 Å². The summed E-state index contributed by atoms with van der Waals surface area (Å²) in [4.78, 5) is 34.4. The third-order valence-corrected chi connectivity index (χ3v) is 5.75. The minimum atomic E-state index is -0.866. The summed E-state index contributed by atoms with van der Waals surface area (Å²) in [6.45, 7) is 1.89. The number of halogens is 1. The lowest BCUT2D eigenvalue weighted by atomic mass is 10.1. The average Bonchev–Trinajstić information content (AvgIpc) is 2.73. The van der Waals surface area contributed by atoms with Crippen molar-refractivity contribution in [3.05, 3.63) is 94.2 Å². The molecule has 0 spiro atoms. The van der Waals surface area contributed by atoms with Crippen molar-refractivity contribution in [3.63, 3.8) is 0 Å². The zero-order chi connectivity index (χ0) is 21.3. The second-order valence-corrected chi connectivity index (χ2v) is 7.77. The molecule has 1 atom stereocenters. The number of carbonyl (C=O) groups excluding carboxylic acids is 1. The van der Waals surface area contributed by atoms with Crippen molar-refractivity contribution in [2.75, 3.05) is 0 Å². The first-order chi connectivity index (χ1) is 14.4. The molecule has 0 radical (unpaired) electrons. The first-order valence-electron chi connectivity index (χ1n) is 9.10. The molecule has 6 nitrogen and oxygen atoms in total. The Bertz CT molecular complexity index is 1300. The fourth-order valence-electron chi connectivity index (χ4n) is 3.07. The lowest BCUT2D eigenvalue weighted by Crippen LogP contribution is -2.25. The summed E-state index contributed by atoms with van der Waals surface area (Å²) in [5, 5.41) is -0.165. The van der Waals surface area contributed by atoms with Gasteiger partial charge in [-0.2, -0.15) is 0 Å². The van der Waals surface area contributed by atoms with E-state index in [4.69, 9.17) is 5.73 Å². The van der Waals surface area contributed by atoms with E-state index in [2.05, 4.69) is 9.97 Å². The van der Waals surface area contributed by atoms with Crippen LogP contribution in [0.15, 0.2) is 76.8 Å². The fourth-order valence-corrected chi connectivity index (χ4v) is 4.12. The van der Waals surface area contributed by atoms with Crippen LogP contribution in [0.25, 0.3) is 16.7 Å². The number of nitrogens with zero attached hydrogens (tertiary/aromatic N) is 3. The van der Waals surface area contributed by atoms with Gasteiger partial charge < -0.3 is 5.73 Å². The first-order valence-corrected chi connectivity index (χ1v) is 9.98. The number of para-hydroxylation sites is 1. The summed E-state index contributed by atoms with van der Waals surface area (Å²) in [6.07, 6.45) is 1.60. The summed E-state index contributed by atoms with van der Waals surface area (Å²) < 4.78 is 14.7. The monoisotopic (exact) mass is 420 g/mol. The van der Waals surface area contributed by atoms with E-state index in [1.165, 1.54) is 28.8 Å². The number of pyridine rings is 1. The molecule has 0 aliphatic rings. The molecule has 0 fully saturated rings. The second kappa shape index (κ2) is 8.08. The van der Waals surface area contributed by atoms with Crippen LogP contribution < -0.4 is 11.3 Å². The normalized spacial score (nSPS) is 12.1. The predicted molar refractivity (Wildman–Crippen MR) is 114 cm³/mol. The SMILES string of the molecule is Cc1ccnc(-n2c(S[C@H](C(N)=O)c3ccc(F)cc3)nc3ccccc3c2=O)c1. The van der Waals surface area contributed by atoms with Crippen molar-refractivity contribution in [3.8, 4) is 5.82 Å². The maximum Gasteiger partial charge on any atom is 0.267 e. The molecule has 0 saturated carbocycles. The number of primary amides is 1. The van der Waals surface area contributed by atoms with Gasteiger partial charge in [-0.05, 0) is 54.4 Å². The van der Waals surface area contributed by atoms with E-state index in [1.807, 2.05) is 13.0 Å². The van der Waals surface area contributed by atoms with Gasteiger partial charge in [0, 0.05) is 6.20 Å². The molecule has 4 rings (SSSR count). The molecule has 2 N–H and O–H groups in total. The quantitative estimate of drug-likeness (QED) is 0.394. The number of hydrogen-bond acceptors (Lipinski definition) is 5. The van der Waals surface area contributed by atoms with Crippen LogP contribution >= 0.6 is 11.8 Å². The maximum absolute atomic E-state index is 13.3. The molecule has 2 aromatic carbocycles. The van der Waals surface area contributed by atoms with E-state index in [1.54, 1.807) is 36.5 Å². The number of benzene rings is 2. The van der Waals surface area contributed by atoms with Gasteiger partial charge in [0.15, 0.2) is 5.16 Å². The summed E-state index contributed by atoms with van der Waals surface area (Å²) in [6, 6.07) is 16.0. The molecule has 8 heteroatoms. The highest BCUT2D eigenvalue weighted by Gasteiger charge is 2.24. The highest BCUT2D eigenvalue weighted by Crippen LogP contribution is 2.35. The van der Waals surface area contributed by atoms with Crippen molar-refractivity contribution in [2.45, 2.75) is 17.3 Å². The highest BCUT2D eigenvalue weighted by atomic mass is 32.2. The van der Waals surface area contributed by atoms with E-state index in [9.17, 15) is 14.0 Å². The molecule has 0 unspecified atom stereocenters. The van der Waals surface area contributed by atoms with Gasteiger partial charge in [0.25, 0.3) is 5.56 Å². The van der Waals surface area contributed by atoms with Gasteiger partial charge in [-0.3, -0.25) is 9.59 Å². The molecule has 30 heavy (non-hydrogen) atoms. The Balaban J connectivity index is 1.92. The minimum Gasteiger partial charge on any atom is -0.368 e. The summed E-state index contributed by atoms with van der Waals surface area (Å²) in [5.41, 5.74) is 7.26. The summed E-state index contributed by atoms with van der Waals surface area (Å²) in [7, 11) is 0. The number of nitrogens with two attached hydrogens (primary N) is 1. The van der Waals surface area contributed by atoms with Crippen molar-refractivity contribution in [1.82, 2.24) is 14.5 Å². The number of rotatable bonds is 5. The fraction of sp³-hybridized carbons (Fsp3) is 0.0909. The maximum atomic E-state index is 13.3. The van der Waals surface area contributed by atoms with Crippen LogP contribution in [-0.4, -0.2) is 20.4 Å². The van der Waals surface area contributed by atoms with Crippen LogP contribution in [0.3, 0.4) is 0 Å². The molecule has 0 aliphatic heterocycles. The van der Waals surface area contributed by atoms with Crippen molar-refractivity contribution in [1.29, 1.82) is 0 Å². The molecule has 0 saturated heterocycles. The third-order valence-electron chi connectivity index (χ3n) is 4.53. The molecule has 0 aliphatic carbocycles. The molecular formula is C22H17FN4O2S. The minimum absolute atomic E-state index is 0.268. The zero-order valence-electron chi connectivity index (χ0n) is 15.9. The van der Waals surface area contributed by atoms with Crippen LogP contribution in [0, 0.1) is 12.7 Å². The van der Waals surface area contributed by atoms with Crippen LogP contribution in [-0.2, 0) is 4.79 Å². The molecule has 0 bridgehead atoms. The first kappa shape index (κ1) is 19.8. The lowest BCUT2D eigenvalue weighted by molar-refractivity contribution is -0.117. The molecule has 1 amide bonds. The molecular weight excluding hydrogens is 403 g/mol. The molecule has 2 aromatic heterocycles. The molecule has 150 valence electrons. The Morgan fingerprint density at radius 3 is 2.57 bits per heavy atom. The van der Waals surface area contributed by atoms with E-state index >= 15 is 0 Å². The molecule has 4 aromatic rings. The van der Waals surface area contributed by atoms with E-state index in [0.29, 0.717) is 22.3 Å². The Hall–Kier alpha value is -3.52. The largest absolute Gasteiger partial charge is 0.368 e. The zero-order valence-corrected chi connectivity index (χ0v) is 16.8. The Kier molecular flexibility index (Phi) is 5.33. The Morgan fingerprint density at radius 2 is 1.87 bits per heavy atom. The number of carbonyl (C=O) groups is 1. The van der Waals surface area contributed by atoms with Crippen molar-refractivity contribution >= 4 is 28.6 Å². The number of hydrogen-bond donors (Lipinski definition) is 1. The second-order valence-electron chi connectivity index (χ2n) is 6.70. The number of thioether (sulfide) groups is 1. The third kappa shape index (κ3) is 3.81. The average molecular weight is 420 g/mol. The summed E-state index contributed by atoms with van der Waals surface area (Å²) in [5.74, 6) is -0.655. The van der Waals surface area contributed by atoms with Crippen LogP contribution in [0.2, 0.25) is 0 Å². The van der Waals surface area contributed by atoms with E-state index < -0.39 is 17.0 Å². The van der Waals surface area contributed by atoms with Gasteiger partial charge in [0.2, 0.25) is 5.91 Å². The van der Waals surface area contributed by atoms with E-state index in [-0.39, 0.29) is 10.7 Å². The van der Waals surface area contributed by atoms with Gasteiger partial charge >= 0.3 is 0 Å². The smallest absolute Gasteiger partial charge is 0.267 e. The van der Waals surface area contributed by atoms with Gasteiger partial charge in [0.05, 0.1) is 10.9 Å². The number of aryl methyl sites for hydroxylation is 1. The predicted octanol–water partition coefficient (Wildman–Crippen LogP) is 3.55.